The topological polar surface area (TPSA) is 56.2 Å². The van der Waals surface area contributed by atoms with E-state index in [1.807, 2.05) is 6.07 Å². The Morgan fingerprint density at radius 2 is 2.33 bits per heavy atom. The van der Waals surface area contributed by atoms with Crippen LogP contribution in [0.3, 0.4) is 0 Å². The lowest BCUT2D eigenvalue weighted by Crippen LogP contribution is -1.99. The molecule has 0 aliphatic rings. The molecule has 0 radical (unpaired) electrons. The van der Waals surface area contributed by atoms with Gasteiger partial charge in [-0.15, -0.1) is 5.10 Å². The molecule has 0 spiro atoms. The fraction of sp³-hybridized carbons (Fsp3) is 0. The first-order valence-electron chi connectivity index (χ1n) is 3.14. The van der Waals surface area contributed by atoms with E-state index in [0.29, 0.717) is 5.82 Å². The van der Waals surface area contributed by atoms with E-state index in [2.05, 4.69) is 26.0 Å². The molecule has 0 aliphatic carbocycles. The molecule has 0 saturated heterocycles. The van der Waals surface area contributed by atoms with E-state index in [4.69, 9.17) is 17.3 Å². The molecule has 2 rings (SSSR count). The first-order valence-corrected chi connectivity index (χ1v) is 4.31. The molecule has 0 atom stereocenters. The van der Waals surface area contributed by atoms with Gasteiger partial charge in [-0.2, -0.15) is 4.98 Å². The van der Waals surface area contributed by atoms with Gasteiger partial charge < -0.3 is 5.73 Å². The minimum Gasteiger partial charge on any atom is -0.382 e. The molecule has 4 nitrogen and oxygen atoms in total. The summed E-state index contributed by atoms with van der Waals surface area (Å²) >= 11 is 8.89. The van der Waals surface area contributed by atoms with Crippen LogP contribution in [0.1, 0.15) is 0 Å². The largest absolute Gasteiger partial charge is 0.382 e. The second-order valence-corrected chi connectivity index (χ2v) is 3.51. The predicted molar refractivity (Wildman–Crippen MR) is 50.1 cm³/mol. The van der Waals surface area contributed by atoms with Crippen molar-refractivity contribution in [1.29, 1.82) is 0 Å². The Bertz CT molecular complexity index is 438. The summed E-state index contributed by atoms with van der Waals surface area (Å²) in [5.74, 6) is 0.376. The van der Waals surface area contributed by atoms with Gasteiger partial charge in [0.1, 0.15) is 5.52 Å². The third-order valence-electron chi connectivity index (χ3n) is 1.43. The maximum absolute atomic E-state index is 5.59. The quantitative estimate of drug-likeness (QED) is 0.771. The highest BCUT2D eigenvalue weighted by atomic mass is 79.9. The van der Waals surface area contributed by atoms with Crippen molar-refractivity contribution in [2.45, 2.75) is 0 Å². The lowest BCUT2D eigenvalue weighted by Gasteiger charge is -1.96. The molecule has 62 valence electrons. The van der Waals surface area contributed by atoms with Crippen molar-refractivity contribution in [2.75, 3.05) is 5.73 Å². The van der Waals surface area contributed by atoms with E-state index in [1.54, 1.807) is 10.7 Å². The molecule has 0 amide bonds. The van der Waals surface area contributed by atoms with Crippen LogP contribution in [0.25, 0.3) is 5.52 Å². The van der Waals surface area contributed by atoms with Crippen LogP contribution >= 0.6 is 27.5 Å². The number of halogens is 2. The molecule has 2 heterocycles. The molecule has 0 aromatic carbocycles. The zero-order valence-corrected chi connectivity index (χ0v) is 8.17. The summed E-state index contributed by atoms with van der Waals surface area (Å²) in [7, 11) is 0. The van der Waals surface area contributed by atoms with E-state index >= 15 is 0 Å². The van der Waals surface area contributed by atoms with Gasteiger partial charge in [0.05, 0.1) is 0 Å². The normalized spacial score (nSPS) is 10.8. The number of nitrogens with zero attached hydrogens (tertiary/aromatic N) is 3. The van der Waals surface area contributed by atoms with Crippen molar-refractivity contribution in [2.24, 2.45) is 0 Å². The number of anilines is 1. The number of hydrogen-bond acceptors (Lipinski definition) is 3. The van der Waals surface area contributed by atoms with E-state index in [0.717, 1.165) is 9.99 Å². The van der Waals surface area contributed by atoms with Crippen LogP contribution in [0, 0.1) is 0 Å². The lowest BCUT2D eigenvalue weighted by atomic mass is 10.5. The van der Waals surface area contributed by atoms with Gasteiger partial charge >= 0.3 is 0 Å². The Morgan fingerprint density at radius 3 is 3.08 bits per heavy atom. The van der Waals surface area contributed by atoms with Crippen LogP contribution in [0.2, 0.25) is 5.28 Å². The van der Waals surface area contributed by atoms with E-state index in [1.165, 1.54) is 0 Å². The van der Waals surface area contributed by atoms with Crippen molar-refractivity contribution in [3.8, 4) is 0 Å². The van der Waals surface area contributed by atoms with Gasteiger partial charge in [-0.05, 0) is 33.6 Å². The summed E-state index contributed by atoms with van der Waals surface area (Å²) in [4.78, 5) is 3.81. The monoisotopic (exact) mass is 246 g/mol. The summed E-state index contributed by atoms with van der Waals surface area (Å²) in [6, 6.07) is 1.83. The fourth-order valence-corrected chi connectivity index (χ4v) is 1.55. The van der Waals surface area contributed by atoms with Crippen molar-refractivity contribution in [3.63, 3.8) is 0 Å². The summed E-state index contributed by atoms with van der Waals surface area (Å²) < 4.78 is 2.47. The summed E-state index contributed by atoms with van der Waals surface area (Å²) in [5, 5.41) is 4.06. The number of nitrogens with two attached hydrogens (primary N) is 1. The lowest BCUT2D eigenvalue weighted by molar-refractivity contribution is 0.907. The summed E-state index contributed by atoms with van der Waals surface area (Å²) in [5.41, 5.74) is 6.34. The fourth-order valence-electron chi connectivity index (χ4n) is 0.962. The Kier molecular flexibility index (Phi) is 1.69. The van der Waals surface area contributed by atoms with Gasteiger partial charge in [-0.3, -0.25) is 0 Å². The van der Waals surface area contributed by atoms with Crippen molar-refractivity contribution in [1.82, 2.24) is 14.6 Å². The molecule has 2 N–H and O–H groups in total. The second-order valence-electron chi connectivity index (χ2n) is 2.25. The van der Waals surface area contributed by atoms with E-state index < -0.39 is 0 Å². The average molecular weight is 247 g/mol. The highest BCUT2D eigenvalue weighted by molar-refractivity contribution is 9.10. The van der Waals surface area contributed by atoms with E-state index in [-0.39, 0.29) is 5.28 Å². The molecule has 12 heavy (non-hydrogen) atoms. The second kappa shape index (κ2) is 2.60. The third-order valence-corrected chi connectivity index (χ3v) is 2.03. The van der Waals surface area contributed by atoms with Crippen LogP contribution in [-0.2, 0) is 0 Å². The maximum Gasteiger partial charge on any atom is 0.243 e. The zero-order valence-electron chi connectivity index (χ0n) is 5.83. The average Bonchev–Trinajstić information content (AvgIpc) is 2.29. The minimum absolute atomic E-state index is 0.142. The SMILES string of the molecule is Nc1nc(Cl)nn2cc(Br)cc12. The minimum atomic E-state index is 0.142. The Labute approximate surface area is 81.5 Å². The molecule has 2 aromatic heterocycles. The number of aromatic nitrogens is 3. The Morgan fingerprint density at radius 1 is 1.58 bits per heavy atom. The first kappa shape index (κ1) is 7.82. The molecule has 0 aliphatic heterocycles. The van der Waals surface area contributed by atoms with Crippen molar-refractivity contribution < 1.29 is 0 Å². The number of fused-ring (bicyclic) bond motifs is 1. The molecule has 0 bridgehead atoms. The van der Waals surface area contributed by atoms with Crippen LogP contribution in [0.15, 0.2) is 16.7 Å². The number of rotatable bonds is 0. The maximum atomic E-state index is 5.59. The highest BCUT2D eigenvalue weighted by Gasteiger charge is 2.04. The standard InChI is InChI=1S/C6H4BrClN4/c7-3-1-4-5(9)10-6(8)11-12(4)2-3/h1-2H,(H2,9,10,11). The predicted octanol–water partition coefficient (Wildman–Crippen LogP) is 1.73. The summed E-state index contributed by atoms with van der Waals surface area (Å²) in [6.45, 7) is 0. The van der Waals surface area contributed by atoms with Crippen LogP contribution in [-0.4, -0.2) is 14.6 Å². The molecular formula is C6H4BrClN4. The first-order chi connectivity index (χ1) is 5.66. The number of hydrogen-bond donors (Lipinski definition) is 1. The molecule has 0 fully saturated rings. The number of nitrogen functional groups attached to an aromatic ring is 1. The highest BCUT2D eigenvalue weighted by Crippen LogP contribution is 2.19. The van der Waals surface area contributed by atoms with Gasteiger partial charge in [0.15, 0.2) is 5.82 Å². The molecule has 6 heteroatoms. The van der Waals surface area contributed by atoms with Gasteiger partial charge in [-0.25, -0.2) is 4.52 Å². The van der Waals surface area contributed by atoms with Gasteiger partial charge in [-0.1, -0.05) is 0 Å². The molecule has 2 aromatic rings. The Balaban J connectivity index is 2.88. The molecular weight excluding hydrogens is 243 g/mol. The van der Waals surface area contributed by atoms with Crippen molar-refractivity contribution in [3.05, 3.63) is 22.0 Å². The van der Waals surface area contributed by atoms with E-state index in [9.17, 15) is 0 Å². The van der Waals surface area contributed by atoms with Gasteiger partial charge in [0, 0.05) is 10.7 Å². The zero-order chi connectivity index (χ0) is 8.72. The molecule has 0 unspecified atom stereocenters. The smallest absolute Gasteiger partial charge is 0.243 e. The van der Waals surface area contributed by atoms with Crippen molar-refractivity contribution >= 4 is 38.9 Å². The van der Waals surface area contributed by atoms with Gasteiger partial charge in [0.25, 0.3) is 0 Å². The van der Waals surface area contributed by atoms with Crippen LogP contribution < -0.4 is 5.73 Å². The van der Waals surface area contributed by atoms with Crippen LogP contribution in [0.4, 0.5) is 5.82 Å². The molecule has 0 saturated carbocycles. The Hall–Kier alpha value is -0.810. The third kappa shape index (κ3) is 1.15. The van der Waals surface area contributed by atoms with Crippen LogP contribution in [0.5, 0.6) is 0 Å². The summed E-state index contributed by atoms with van der Waals surface area (Å²) in [6.07, 6.45) is 1.76. The van der Waals surface area contributed by atoms with Gasteiger partial charge in [0.2, 0.25) is 5.28 Å².